The lowest BCUT2D eigenvalue weighted by Gasteiger charge is -2.02. The van der Waals surface area contributed by atoms with Crippen LogP contribution in [0.3, 0.4) is 0 Å². The molecule has 2 nitrogen and oxygen atoms in total. The maximum atomic E-state index is 4.73. The highest BCUT2D eigenvalue weighted by molar-refractivity contribution is 7.18. The molecule has 1 aliphatic rings. The van der Waals surface area contributed by atoms with Crippen LogP contribution in [-0.2, 0) is 6.42 Å². The Morgan fingerprint density at radius 2 is 2.22 bits per heavy atom. The molecule has 2 aromatic rings. The molecule has 3 rings (SSSR count). The van der Waals surface area contributed by atoms with Gasteiger partial charge in [0.1, 0.15) is 0 Å². The van der Waals surface area contributed by atoms with Gasteiger partial charge in [-0.15, -0.1) is 11.3 Å². The van der Waals surface area contributed by atoms with Crippen molar-refractivity contribution in [1.29, 1.82) is 0 Å². The van der Waals surface area contributed by atoms with E-state index in [0.29, 0.717) is 5.92 Å². The van der Waals surface area contributed by atoms with Gasteiger partial charge in [0.05, 0.1) is 15.2 Å². The summed E-state index contributed by atoms with van der Waals surface area (Å²) < 4.78 is 1.32. The van der Waals surface area contributed by atoms with Gasteiger partial charge in [-0.05, 0) is 43.5 Å². The Kier molecular flexibility index (Phi) is 3.35. The molecule has 0 saturated heterocycles. The normalized spacial score (nSPS) is 15.7. The zero-order chi connectivity index (χ0) is 12.5. The molecule has 0 unspecified atom stereocenters. The molecule has 1 heterocycles. The lowest BCUT2D eigenvalue weighted by Crippen LogP contribution is -2.19. The standard InChI is InChI=1S/C15H20N2S/c1-10(2)15-17-13-9-11(3-6-14(13)18-15)7-8-16-12-4-5-12/h3,6,9-10,12,16H,4-5,7-8H2,1-2H3. The van der Waals surface area contributed by atoms with Gasteiger partial charge in [0.2, 0.25) is 0 Å². The van der Waals surface area contributed by atoms with E-state index in [2.05, 4.69) is 37.4 Å². The molecule has 18 heavy (non-hydrogen) atoms. The predicted octanol–water partition coefficient (Wildman–Crippen LogP) is 3.71. The number of hydrogen-bond acceptors (Lipinski definition) is 3. The van der Waals surface area contributed by atoms with Crippen molar-refractivity contribution < 1.29 is 0 Å². The Balaban J connectivity index is 1.72. The Morgan fingerprint density at radius 1 is 1.39 bits per heavy atom. The fourth-order valence-corrected chi connectivity index (χ4v) is 3.05. The van der Waals surface area contributed by atoms with Crippen LogP contribution in [0, 0.1) is 0 Å². The van der Waals surface area contributed by atoms with Crippen molar-refractivity contribution in [2.75, 3.05) is 6.54 Å². The first-order valence-electron chi connectivity index (χ1n) is 6.85. The van der Waals surface area contributed by atoms with Gasteiger partial charge in [-0.3, -0.25) is 0 Å². The van der Waals surface area contributed by atoms with Crippen LogP contribution in [0.15, 0.2) is 18.2 Å². The van der Waals surface area contributed by atoms with E-state index in [1.807, 2.05) is 11.3 Å². The number of benzene rings is 1. The fraction of sp³-hybridized carbons (Fsp3) is 0.533. The Morgan fingerprint density at radius 3 is 2.94 bits per heavy atom. The summed E-state index contributed by atoms with van der Waals surface area (Å²) in [6, 6.07) is 7.54. The van der Waals surface area contributed by atoms with Crippen LogP contribution in [-0.4, -0.2) is 17.6 Å². The first-order valence-corrected chi connectivity index (χ1v) is 7.67. The number of rotatable bonds is 5. The molecule has 0 amide bonds. The van der Waals surface area contributed by atoms with Crippen LogP contribution < -0.4 is 5.32 Å². The number of aromatic nitrogens is 1. The predicted molar refractivity (Wildman–Crippen MR) is 78.4 cm³/mol. The Labute approximate surface area is 112 Å². The average Bonchev–Trinajstić information content (AvgIpc) is 3.06. The third kappa shape index (κ3) is 2.73. The summed E-state index contributed by atoms with van der Waals surface area (Å²) in [5.41, 5.74) is 2.57. The summed E-state index contributed by atoms with van der Waals surface area (Å²) in [6.45, 7) is 5.51. The first kappa shape index (κ1) is 12.1. The zero-order valence-corrected chi connectivity index (χ0v) is 11.9. The molecule has 1 fully saturated rings. The molecule has 0 atom stereocenters. The molecular weight excluding hydrogens is 240 g/mol. The van der Waals surface area contributed by atoms with Crippen molar-refractivity contribution in [2.24, 2.45) is 0 Å². The van der Waals surface area contributed by atoms with Gasteiger partial charge in [0, 0.05) is 12.0 Å². The molecule has 1 saturated carbocycles. The van der Waals surface area contributed by atoms with E-state index >= 15 is 0 Å². The highest BCUT2D eigenvalue weighted by atomic mass is 32.1. The minimum Gasteiger partial charge on any atom is -0.314 e. The molecule has 0 aliphatic heterocycles. The molecule has 0 radical (unpaired) electrons. The van der Waals surface area contributed by atoms with E-state index in [1.54, 1.807) is 0 Å². The van der Waals surface area contributed by atoms with Crippen LogP contribution in [0.4, 0.5) is 0 Å². The molecule has 1 N–H and O–H groups in total. The average molecular weight is 260 g/mol. The molecule has 1 aliphatic carbocycles. The van der Waals surface area contributed by atoms with E-state index in [-0.39, 0.29) is 0 Å². The van der Waals surface area contributed by atoms with Gasteiger partial charge < -0.3 is 5.32 Å². The highest BCUT2D eigenvalue weighted by Gasteiger charge is 2.19. The SMILES string of the molecule is CC(C)c1nc2cc(CCNC3CC3)ccc2s1. The third-order valence-corrected chi connectivity index (χ3v) is 4.72. The number of fused-ring (bicyclic) bond motifs is 1. The van der Waals surface area contributed by atoms with E-state index in [4.69, 9.17) is 4.98 Å². The second-order valence-electron chi connectivity index (χ2n) is 5.49. The minimum absolute atomic E-state index is 0.530. The first-order chi connectivity index (χ1) is 8.72. The maximum absolute atomic E-state index is 4.73. The monoisotopic (exact) mass is 260 g/mol. The van der Waals surface area contributed by atoms with E-state index in [9.17, 15) is 0 Å². The summed E-state index contributed by atoms with van der Waals surface area (Å²) >= 11 is 1.83. The van der Waals surface area contributed by atoms with Gasteiger partial charge in [0.15, 0.2) is 0 Å². The summed E-state index contributed by atoms with van der Waals surface area (Å²) in [6.07, 6.45) is 3.84. The van der Waals surface area contributed by atoms with Crippen LogP contribution in [0.1, 0.15) is 43.2 Å². The largest absolute Gasteiger partial charge is 0.314 e. The van der Waals surface area contributed by atoms with Gasteiger partial charge in [-0.25, -0.2) is 4.98 Å². The molecule has 3 heteroatoms. The number of thiazole rings is 1. The summed E-state index contributed by atoms with van der Waals surface area (Å²) in [5, 5.41) is 4.81. The Bertz CT molecular complexity index is 540. The summed E-state index contributed by atoms with van der Waals surface area (Å²) in [4.78, 5) is 4.73. The summed E-state index contributed by atoms with van der Waals surface area (Å²) in [5.74, 6) is 0.530. The molecule has 0 bridgehead atoms. The van der Waals surface area contributed by atoms with Gasteiger partial charge in [0.25, 0.3) is 0 Å². The lowest BCUT2D eigenvalue weighted by atomic mass is 10.1. The third-order valence-electron chi connectivity index (χ3n) is 3.39. The van der Waals surface area contributed by atoms with E-state index < -0.39 is 0 Å². The van der Waals surface area contributed by atoms with Crippen molar-refractivity contribution >= 4 is 21.6 Å². The highest BCUT2D eigenvalue weighted by Crippen LogP contribution is 2.28. The van der Waals surface area contributed by atoms with Gasteiger partial charge in [-0.1, -0.05) is 19.9 Å². The fourth-order valence-electron chi connectivity index (χ4n) is 2.10. The van der Waals surface area contributed by atoms with Crippen molar-refractivity contribution in [3.63, 3.8) is 0 Å². The van der Waals surface area contributed by atoms with Crippen LogP contribution in [0.5, 0.6) is 0 Å². The van der Waals surface area contributed by atoms with Crippen LogP contribution in [0.2, 0.25) is 0 Å². The van der Waals surface area contributed by atoms with Crippen LogP contribution >= 0.6 is 11.3 Å². The molecule has 0 spiro atoms. The quantitative estimate of drug-likeness (QED) is 0.886. The van der Waals surface area contributed by atoms with E-state index in [0.717, 1.165) is 19.0 Å². The second-order valence-corrected chi connectivity index (χ2v) is 6.55. The van der Waals surface area contributed by atoms with Gasteiger partial charge >= 0.3 is 0 Å². The van der Waals surface area contributed by atoms with Crippen molar-refractivity contribution in [3.8, 4) is 0 Å². The second kappa shape index (κ2) is 4.98. The smallest absolute Gasteiger partial charge is 0.0963 e. The molecular formula is C15H20N2S. The van der Waals surface area contributed by atoms with Crippen molar-refractivity contribution in [1.82, 2.24) is 10.3 Å². The minimum atomic E-state index is 0.530. The Hall–Kier alpha value is -0.930. The topological polar surface area (TPSA) is 24.9 Å². The number of hydrogen-bond donors (Lipinski definition) is 1. The van der Waals surface area contributed by atoms with Gasteiger partial charge in [-0.2, -0.15) is 0 Å². The van der Waals surface area contributed by atoms with E-state index in [1.165, 1.54) is 33.6 Å². The molecule has 1 aromatic heterocycles. The maximum Gasteiger partial charge on any atom is 0.0963 e. The van der Waals surface area contributed by atoms with Crippen molar-refractivity contribution in [3.05, 3.63) is 28.8 Å². The number of nitrogens with one attached hydrogen (secondary N) is 1. The van der Waals surface area contributed by atoms with Crippen LogP contribution in [0.25, 0.3) is 10.2 Å². The lowest BCUT2D eigenvalue weighted by molar-refractivity contribution is 0.682. The molecule has 1 aromatic carbocycles. The molecule has 96 valence electrons. The number of nitrogens with zero attached hydrogens (tertiary/aromatic N) is 1. The summed E-state index contributed by atoms with van der Waals surface area (Å²) in [7, 11) is 0. The van der Waals surface area contributed by atoms with Crippen molar-refractivity contribution in [2.45, 2.75) is 45.1 Å². The zero-order valence-electron chi connectivity index (χ0n) is 11.1.